The average molecular weight is 693 g/mol. The van der Waals surface area contributed by atoms with Gasteiger partial charge in [0, 0.05) is 56.2 Å². The summed E-state index contributed by atoms with van der Waals surface area (Å²) in [6, 6.07) is 7.74. The fourth-order valence-electron chi connectivity index (χ4n) is 7.36. The summed E-state index contributed by atoms with van der Waals surface area (Å²) in [5.74, 6) is 1.55. The quantitative estimate of drug-likeness (QED) is 0.182. The number of hydrogen-bond donors (Lipinski definition) is 1. The maximum atomic E-state index is 6.47. The molecule has 4 atom stereocenters. The highest BCUT2D eigenvalue weighted by Crippen LogP contribution is 2.40. The highest BCUT2D eigenvalue weighted by molar-refractivity contribution is 6.32. The Morgan fingerprint density at radius 3 is 2.39 bits per heavy atom. The predicted molar refractivity (Wildman–Crippen MR) is 183 cm³/mol. The summed E-state index contributed by atoms with van der Waals surface area (Å²) in [7, 11) is 1.70. The summed E-state index contributed by atoms with van der Waals surface area (Å²) in [5, 5.41) is 20.1. The third kappa shape index (κ3) is 7.98. The SMILES string of the molecule is COCCC(C)Oc1nn([C@H]2CC[C@H](N3[C@@H]4CC[C@H]3COC4)CC2)cc1Nc1ncc(-c2ccc(Cl)c(O[C@@H](C)Cn3cnnn3)c2)cn1. The number of hydrogen-bond acceptors (Lipinski definition) is 12. The summed E-state index contributed by atoms with van der Waals surface area (Å²) < 4.78 is 27.3. The van der Waals surface area contributed by atoms with Crippen LogP contribution in [-0.4, -0.2) is 102 Å². The standard InChI is InChI=1S/C34H45ClN10O4/c1-22(12-13-46-3)49-33-31(18-44(40-33)26-5-7-27(8-6-26)45-28-9-10-29(45)20-47-19-28)39-34-36-15-25(16-37-34)24-4-11-30(35)32(14-24)48-23(2)17-43-21-38-41-42-43/h4,11,14-16,18,21-23,26-29H,5-10,12-13,17,19-20H2,1-3H3,(H,36,37,39)/t22?,23-,26-,27-,28-,29+/m0/s1. The van der Waals surface area contributed by atoms with E-state index in [1.54, 1.807) is 30.5 Å². The van der Waals surface area contributed by atoms with Crippen LogP contribution >= 0.6 is 11.6 Å². The number of morpholine rings is 1. The van der Waals surface area contributed by atoms with E-state index in [0.29, 0.717) is 59.9 Å². The Morgan fingerprint density at radius 1 is 0.939 bits per heavy atom. The number of ether oxygens (including phenoxy) is 4. The third-order valence-corrected chi connectivity index (χ3v) is 10.1. The van der Waals surface area contributed by atoms with Gasteiger partial charge < -0.3 is 24.3 Å². The van der Waals surface area contributed by atoms with Crippen LogP contribution in [0, 0.1) is 0 Å². The first-order valence-corrected chi connectivity index (χ1v) is 17.7. The van der Waals surface area contributed by atoms with Gasteiger partial charge >= 0.3 is 0 Å². The van der Waals surface area contributed by atoms with E-state index in [-0.39, 0.29) is 12.2 Å². The summed E-state index contributed by atoms with van der Waals surface area (Å²) >= 11 is 6.47. The molecule has 2 saturated heterocycles. The highest BCUT2D eigenvalue weighted by atomic mass is 35.5. The molecule has 0 radical (unpaired) electrons. The van der Waals surface area contributed by atoms with Crippen LogP contribution in [0.15, 0.2) is 43.1 Å². The molecule has 7 rings (SSSR count). The average Bonchev–Trinajstić information content (AvgIpc) is 3.83. The molecule has 1 aromatic carbocycles. The molecular weight excluding hydrogens is 648 g/mol. The number of rotatable bonds is 14. The fourth-order valence-corrected chi connectivity index (χ4v) is 7.52. The first-order chi connectivity index (χ1) is 23.9. The number of nitrogens with one attached hydrogen (secondary N) is 1. The second-order valence-corrected chi connectivity index (χ2v) is 13.8. The van der Waals surface area contributed by atoms with Crippen molar-refractivity contribution in [1.29, 1.82) is 0 Å². The van der Waals surface area contributed by atoms with Crippen LogP contribution in [0.2, 0.25) is 5.02 Å². The predicted octanol–water partition coefficient (Wildman–Crippen LogP) is 5.34. The molecule has 1 unspecified atom stereocenters. The number of aromatic nitrogens is 8. The van der Waals surface area contributed by atoms with Crippen molar-refractivity contribution in [2.24, 2.45) is 0 Å². The van der Waals surface area contributed by atoms with E-state index in [1.807, 2.05) is 38.2 Å². The molecule has 2 bridgehead atoms. The molecule has 1 saturated carbocycles. The molecule has 15 heteroatoms. The van der Waals surface area contributed by atoms with Crippen LogP contribution in [0.1, 0.15) is 64.8 Å². The van der Waals surface area contributed by atoms with E-state index in [4.69, 9.17) is 35.6 Å². The van der Waals surface area contributed by atoms with Gasteiger partial charge in [0.15, 0.2) is 0 Å². The number of fused-ring (bicyclic) bond motifs is 2. The summed E-state index contributed by atoms with van der Waals surface area (Å²) in [4.78, 5) is 12.1. The lowest BCUT2D eigenvalue weighted by atomic mass is 9.89. The fraction of sp³-hybridized carbons (Fsp3) is 0.588. The van der Waals surface area contributed by atoms with E-state index >= 15 is 0 Å². The molecule has 262 valence electrons. The van der Waals surface area contributed by atoms with Crippen molar-refractivity contribution in [2.75, 3.05) is 32.2 Å². The zero-order valence-electron chi connectivity index (χ0n) is 28.3. The lowest BCUT2D eigenvalue weighted by molar-refractivity contribution is -0.0458. The Bertz CT molecular complexity index is 1630. The minimum Gasteiger partial charge on any atom is -0.487 e. The minimum absolute atomic E-state index is 0.0726. The van der Waals surface area contributed by atoms with Gasteiger partial charge in [0.25, 0.3) is 5.88 Å². The van der Waals surface area contributed by atoms with Crippen molar-refractivity contribution in [1.82, 2.24) is 44.9 Å². The van der Waals surface area contributed by atoms with Crippen molar-refractivity contribution < 1.29 is 18.9 Å². The maximum Gasteiger partial charge on any atom is 0.257 e. The van der Waals surface area contributed by atoms with Gasteiger partial charge in [-0.2, -0.15) is 0 Å². The van der Waals surface area contributed by atoms with Gasteiger partial charge in [-0.1, -0.05) is 17.7 Å². The Morgan fingerprint density at radius 2 is 1.67 bits per heavy atom. The van der Waals surface area contributed by atoms with E-state index in [1.165, 1.54) is 25.7 Å². The summed E-state index contributed by atoms with van der Waals surface area (Å²) in [6.07, 6.45) is 14.6. The summed E-state index contributed by atoms with van der Waals surface area (Å²) in [6.45, 7) is 6.83. The van der Waals surface area contributed by atoms with Crippen LogP contribution in [0.4, 0.5) is 11.6 Å². The number of anilines is 2. The van der Waals surface area contributed by atoms with Crippen molar-refractivity contribution in [3.63, 3.8) is 0 Å². The number of halogens is 1. The molecule has 4 aromatic rings. The van der Waals surface area contributed by atoms with Gasteiger partial charge in [0.2, 0.25) is 5.95 Å². The zero-order chi connectivity index (χ0) is 33.7. The molecule has 14 nitrogen and oxygen atoms in total. The van der Waals surface area contributed by atoms with E-state index in [0.717, 1.165) is 49.3 Å². The number of tetrazole rings is 1. The lowest BCUT2D eigenvalue weighted by Gasteiger charge is -2.43. The molecule has 1 N–H and O–H groups in total. The van der Waals surface area contributed by atoms with Crippen molar-refractivity contribution in [3.8, 4) is 22.8 Å². The van der Waals surface area contributed by atoms with Gasteiger partial charge in [0.05, 0.1) is 43.1 Å². The van der Waals surface area contributed by atoms with Crippen molar-refractivity contribution in [2.45, 2.75) is 102 Å². The monoisotopic (exact) mass is 692 g/mol. The lowest BCUT2D eigenvalue weighted by Crippen LogP contribution is -2.52. The summed E-state index contributed by atoms with van der Waals surface area (Å²) in [5.41, 5.74) is 2.44. The van der Waals surface area contributed by atoms with Gasteiger partial charge in [-0.25, -0.2) is 14.6 Å². The maximum absolute atomic E-state index is 6.47. The highest BCUT2D eigenvalue weighted by Gasteiger charge is 2.42. The van der Waals surface area contributed by atoms with E-state index < -0.39 is 0 Å². The first kappa shape index (κ1) is 33.6. The molecule has 1 aliphatic carbocycles. The molecule has 49 heavy (non-hydrogen) atoms. The van der Waals surface area contributed by atoms with E-state index in [2.05, 4.69) is 40.4 Å². The molecule has 0 spiro atoms. The second kappa shape index (κ2) is 15.4. The topological polar surface area (TPSA) is 139 Å². The molecule has 0 amide bonds. The molecule has 3 aromatic heterocycles. The van der Waals surface area contributed by atoms with Gasteiger partial charge in [-0.05, 0) is 80.5 Å². The third-order valence-electron chi connectivity index (χ3n) is 9.82. The number of methoxy groups -OCH3 is 1. The zero-order valence-corrected chi connectivity index (χ0v) is 29.1. The van der Waals surface area contributed by atoms with Crippen molar-refractivity contribution >= 4 is 23.2 Å². The first-order valence-electron chi connectivity index (χ1n) is 17.3. The minimum atomic E-state index is -0.205. The Hall–Kier alpha value is -3.85. The van der Waals surface area contributed by atoms with Crippen LogP contribution in [0.5, 0.6) is 11.6 Å². The van der Waals surface area contributed by atoms with Crippen LogP contribution < -0.4 is 14.8 Å². The molecule has 5 heterocycles. The van der Waals surface area contributed by atoms with Gasteiger partial charge in [-0.15, -0.1) is 10.2 Å². The largest absolute Gasteiger partial charge is 0.487 e. The van der Waals surface area contributed by atoms with Crippen LogP contribution in [-0.2, 0) is 16.0 Å². The number of nitrogens with zero attached hydrogens (tertiary/aromatic N) is 9. The molecule has 3 aliphatic rings. The van der Waals surface area contributed by atoms with Gasteiger partial charge in [-0.3, -0.25) is 9.58 Å². The smallest absolute Gasteiger partial charge is 0.257 e. The van der Waals surface area contributed by atoms with Crippen LogP contribution in [0.25, 0.3) is 11.1 Å². The molecule has 2 aliphatic heterocycles. The van der Waals surface area contributed by atoms with E-state index in [9.17, 15) is 0 Å². The second-order valence-electron chi connectivity index (χ2n) is 13.4. The van der Waals surface area contributed by atoms with Crippen molar-refractivity contribution in [3.05, 3.63) is 48.1 Å². The Labute approximate surface area is 291 Å². The van der Waals surface area contributed by atoms with Gasteiger partial charge in [0.1, 0.15) is 23.9 Å². The Kier molecular flexibility index (Phi) is 10.5. The molecular formula is C34H45ClN10O4. The normalized spacial score (nSPS) is 23.7. The number of benzene rings is 1. The molecule has 3 fully saturated rings. The van der Waals surface area contributed by atoms with Crippen LogP contribution in [0.3, 0.4) is 0 Å². The Balaban J connectivity index is 1.03.